The van der Waals surface area contributed by atoms with E-state index in [9.17, 15) is 9.90 Å². The Morgan fingerprint density at radius 1 is 1.29 bits per heavy atom. The number of carbonyl (C=O) groups is 1. The Bertz CT molecular complexity index is 481. The van der Waals surface area contributed by atoms with Gasteiger partial charge in [0.15, 0.2) is 0 Å². The number of urea groups is 1. The van der Waals surface area contributed by atoms with Crippen LogP contribution in [-0.4, -0.2) is 24.3 Å². The fourth-order valence-corrected chi connectivity index (χ4v) is 3.19. The highest BCUT2D eigenvalue weighted by Crippen LogP contribution is 2.60. The molecule has 2 amide bonds. The molecule has 2 fully saturated rings. The minimum absolute atomic E-state index is 0.0614. The lowest BCUT2D eigenvalue weighted by atomic mass is 10.0. The zero-order chi connectivity index (χ0) is 14.7. The third-order valence-electron chi connectivity index (χ3n) is 4.86. The third kappa shape index (κ3) is 3.56. The van der Waals surface area contributed by atoms with E-state index in [1.165, 1.54) is 25.7 Å². The maximum absolute atomic E-state index is 12.1. The summed E-state index contributed by atoms with van der Waals surface area (Å²) in [4.78, 5) is 12.1. The van der Waals surface area contributed by atoms with Crippen molar-refractivity contribution in [3.8, 4) is 0 Å². The average Bonchev–Trinajstić information content (AvgIpc) is 3.39. The highest BCUT2D eigenvalue weighted by atomic mass is 16.3. The summed E-state index contributed by atoms with van der Waals surface area (Å²) in [7, 11) is 0. The first kappa shape index (κ1) is 14.4. The van der Waals surface area contributed by atoms with E-state index < -0.39 is 0 Å². The standard InChI is InChI=1S/C17H24N2O2/c20-11-8-15(13-4-2-1-3-5-13)19-16(21)18-12-17(9-10-17)14-6-7-14/h1-5,14-15,20H,6-12H2,(H2,18,19,21)/t15-/m1/s1. The predicted molar refractivity (Wildman–Crippen MR) is 81.8 cm³/mol. The van der Waals surface area contributed by atoms with Crippen LogP contribution < -0.4 is 10.6 Å². The van der Waals surface area contributed by atoms with Gasteiger partial charge in [0, 0.05) is 13.2 Å². The molecule has 1 aromatic rings. The quantitative estimate of drug-likeness (QED) is 0.722. The zero-order valence-corrected chi connectivity index (χ0v) is 12.3. The molecule has 114 valence electrons. The third-order valence-corrected chi connectivity index (χ3v) is 4.86. The topological polar surface area (TPSA) is 61.4 Å². The molecule has 21 heavy (non-hydrogen) atoms. The van der Waals surface area contributed by atoms with Crippen molar-refractivity contribution < 1.29 is 9.90 Å². The summed E-state index contributed by atoms with van der Waals surface area (Å²) in [6, 6.07) is 9.56. The molecule has 0 aliphatic heterocycles. The van der Waals surface area contributed by atoms with Gasteiger partial charge in [-0.2, -0.15) is 0 Å². The molecule has 0 radical (unpaired) electrons. The first-order valence-corrected chi connectivity index (χ1v) is 7.94. The van der Waals surface area contributed by atoms with Gasteiger partial charge in [0.25, 0.3) is 0 Å². The van der Waals surface area contributed by atoms with E-state index in [2.05, 4.69) is 10.6 Å². The van der Waals surface area contributed by atoms with Crippen LogP contribution in [0.5, 0.6) is 0 Å². The molecule has 2 saturated carbocycles. The molecule has 0 bridgehead atoms. The van der Waals surface area contributed by atoms with Gasteiger partial charge in [0.05, 0.1) is 6.04 Å². The van der Waals surface area contributed by atoms with Crippen molar-refractivity contribution in [2.75, 3.05) is 13.2 Å². The Morgan fingerprint density at radius 2 is 2.00 bits per heavy atom. The summed E-state index contributed by atoms with van der Waals surface area (Å²) in [5.74, 6) is 0.847. The second-order valence-electron chi connectivity index (χ2n) is 6.44. The first-order chi connectivity index (χ1) is 10.2. The Kier molecular flexibility index (Phi) is 4.15. The molecule has 1 aromatic carbocycles. The van der Waals surface area contributed by atoms with Gasteiger partial charge in [-0.25, -0.2) is 4.79 Å². The van der Waals surface area contributed by atoms with Gasteiger partial charge >= 0.3 is 6.03 Å². The van der Waals surface area contributed by atoms with E-state index in [4.69, 9.17) is 0 Å². The Balaban J connectivity index is 1.51. The smallest absolute Gasteiger partial charge is 0.315 e. The van der Waals surface area contributed by atoms with Crippen molar-refractivity contribution in [3.63, 3.8) is 0 Å². The monoisotopic (exact) mass is 288 g/mol. The maximum Gasteiger partial charge on any atom is 0.315 e. The van der Waals surface area contributed by atoms with Gasteiger partial charge in [-0.1, -0.05) is 30.3 Å². The van der Waals surface area contributed by atoms with E-state index in [1.807, 2.05) is 30.3 Å². The van der Waals surface area contributed by atoms with E-state index in [0.29, 0.717) is 11.8 Å². The number of aliphatic hydroxyl groups is 1. The van der Waals surface area contributed by atoms with Gasteiger partial charge in [-0.3, -0.25) is 0 Å². The second-order valence-corrected chi connectivity index (χ2v) is 6.44. The van der Waals surface area contributed by atoms with Gasteiger partial charge < -0.3 is 15.7 Å². The molecule has 4 nitrogen and oxygen atoms in total. The average molecular weight is 288 g/mol. The molecule has 3 N–H and O–H groups in total. The van der Waals surface area contributed by atoms with Crippen LogP contribution in [0, 0.1) is 11.3 Å². The number of carbonyl (C=O) groups excluding carboxylic acids is 1. The first-order valence-electron chi connectivity index (χ1n) is 7.94. The Labute approximate surface area is 125 Å². The Morgan fingerprint density at radius 3 is 2.57 bits per heavy atom. The van der Waals surface area contributed by atoms with Gasteiger partial charge in [-0.15, -0.1) is 0 Å². The van der Waals surface area contributed by atoms with Crippen molar-refractivity contribution in [3.05, 3.63) is 35.9 Å². The van der Waals surface area contributed by atoms with Crippen LogP contribution >= 0.6 is 0 Å². The van der Waals surface area contributed by atoms with Gasteiger partial charge in [0.2, 0.25) is 0 Å². The van der Waals surface area contributed by atoms with Crippen molar-refractivity contribution in [1.29, 1.82) is 0 Å². The molecule has 1 atom stereocenters. The second kappa shape index (κ2) is 6.06. The number of benzene rings is 1. The number of aliphatic hydroxyl groups excluding tert-OH is 1. The highest BCUT2D eigenvalue weighted by Gasteiger charge is 2.53. The molecular formula is C17H24N2O2. The summed E-state index contributed by atoms with van der Waals surface area (Å²) < 4.78 is 0. The summed E-state index contributed by atoms with van der Waals surface area (Å²) in [6.07, 6.45) is 5.72. The lowest BCUT2D eigenvalue weighted by Gasteiger charge is -2.20. The van der Waals surface area contributed by atoms with Crippen LogP contribution in [0.15, 0.2) is 30.3 Å². The zero-order valence-electron chi connectivity index (χ0n) is 12.3. The molecule has 2 aliphatic rings. The van der Waals surface area contributed by atoms with Crippen molar-refractivity contribution in [2.45, 2.75) is 38.1 Å². The number of amides is 2. The fraction of sp³-hybridized carbons (Fsp3) is 0.588. The number of hydrogen-bond acceptors (Lipinski definition) is 2. The van der Waals surface area contributed by atoms with E-state index in [1.54, 1.807) is 0 Å². The SMILES string of the molecule is O=C(NCC1(C2CC2)CC1)N[C@H](CCO)c1ccccc1. The summed E-state index contributed by atoms with van der Waals surface area (Å²) in [5, 5.41) is 15.2. The molecule has 0 spiro atoms. The summed E-state index contributed by atoms with van der Waals surface area (Å²) in [6.45, 7) is 0.857. The lowest BCUT2D eigenvalue weighted by molar-refractivity contribution is 0.226. The highest BCUT2D eigenvalue weighted by molar-refractivity contribution is 5.74. The largest absolute Gasteiger partial charge is 0.396 e. The minimum atomic E-state index is -0.132. The molecular weight excluding hydrogens is 264 g/mol. The molecule has 0 saturated heterocycles. The normalized spacial score (nSPS) is 20.6. The molecule has 0 aromatic heterocycles. The van der Waals surface area contributed by atoms with E-state index >= 15 is 0 Å². The molecule has 0 heterocycles. The Hall–Kier alpha value is -1.55. The summed E-state index contributed by atoms with van der Waals surface area (Å²) >= 11 is 0. The van der Waals surface area contributed by atoms with Crippen LogP contribution in [0.1, 0.15) is 43.7 Å². The summed E-state index contributed by atoms with van der Waals surface area (Å²) in [5.41, 5.74) is 1.45. The van der Waals surface area contributed by atoms with Crippen LogP contribution in [-0.2, 0) is 0 Å². The molecule has 4 heteroatoms. The molecule has 3 rings (SSSR count). The van der Waals surface area contributed by atoms with E-state index in [0.717, 1.165) is 18.0 Å². The number of rotatable bonds is 7. The molecule has 2 aliphatic carbocycles. The maximum atomic E-state index is 12.1. The van der Waals surface area contributed by atoms with Crippen molar-refractivity contribution >= 4 is 6.03 Å². The molecule has 0 unspecified atom stereocenters. The minimum Gasteiger partial charge on any atom is -0.396 e. The van der Waals surface area contributed by atoms with Crippen molar-refractivity contribution in [2.24, 2.45) is 11.3 Å². The lowest BCUT2D eigenvalue weighted by Crippen LogP contribution is -2.41. The van der Waals surface area contributed by atoms with E-state index in [-0.39, 0.29) is 18.7 Å². The number of hydrogen-bond donors (Lipinski definition) is 3. The van der Waals surface area contributed by atoms with Gasteiger partial charge in [-0.05, 0) is 49.0 Å². The van der Waals surface area contributed by atoms with Crippen LogP contribution in [0.3, 0.4) is 0 Å². The number of nitrogens with one attached hydrogen (secondary N) is 2. The van der Waals surface area contributed by atoms with Crippen LogP contribution in [0.4, 0.5) is 4.79 Å². The van der Waals surface area contributed by atoms with Crippen LogP contribution in [0.2, 0.25) is 0 Å². The fourth-order valence-electron chi connectivity index (χ4n) is 3.19. The van der Waals surface area contributed by atoms with Crippen LogP contribution in [0.25, 0.3) is 0 Å². The van der Waals surface area contributed by atoms with Gasteiger partial charge in [0.1, 0.15) is 0 Å². The predicted octanol–water partition coefficient (Wildman–Crippen LogP) is 2.60. The van der Waals surface area contributed by atoms with Crippen molar-refractivity contribution in [1.82, 2.24) is 10.6 Å².